The molecule has 0 aromatic rings. The van der Waals surface area contributed by atoms with Crippen molar-refractivity contribution in [2.24, 2.45) is 10.7 Å². The van der Waals surface area contributed by atoms with Crippen LogP contribution in [0, 0.1) is 0 Å². The Balaban J connectivity index is 5.39. The number of nitrogens with zero attached hydrogens (tertiary/aromatic N) is 1. The summed E-state index contributed by atoms with van der Waals surface area (Å²) in [6, 6.07) is -1.32. The number of urea groups is 1. The fourth-order valence-electron chi connectivity index (χ4n) is 0.700. The molecule has 2 amide bonds. The molecule has 0 rings (SSSR count). The van der Waals surface area contributed by atoms with Gasteiger partial charge in [0.05, 0.1) is 12.8 Å². The van der Waals surface area contributed by atoms with E-state index in [1.807, 2.05) is 0 Å². The van der Waals surface area contributed by atoms with Crippen LogP contribution in [0.3, 0.4) is 0 Å². The number of nitrogens with two attached hydrogens (primary N) is 1. The molecule has 0 saturated heterocycles. The van der Waals surface area contributed by atoms with E-state index in [0.717, 1.165) is 0 Å². The summed E-state index contributed by atoms with van der Waals surface area (Å²) < 4.78 is 40.6. The van der Waals surface area contributed by atoms with Crippen molar-refractivity contribution in [1.29, 1.82) is 0 Å². The maximum atomic E-state index is 12.1. The normalized spacial score (nSPS) is 13.4. The Labute approximate surface area is 93.6 Å². The minimum absolute atomic E-state index is 0.198. The van der Waals surface area contributed by atoms with E-state index in [1.54, 1.807) is 0 Å². The van der Waals surface area contributed by atoms with Gasteiger partial charge in [-0.2, -0.15) is 13.2 Å². The fraction of sp³-hybridized carbons (Fsp3) is 0.375. The number of ether oxygens (including phenoxy) is 1. The number of aliphatic hydroxyl groups excluding tert-OH is 1. The van der Waals surface area contributed by atoms with Crippen LogP contribution in [0.15, 0.2) is 16.3 Å². The minimum atomic E-state index is -5.16. The number of rotatable bonds is 3. The van der Waals surface area contributed by atoms with Crippen LogP contribution in [-0.4, -0.2) is 36.1 Å². The number of carbonyl (C=O) groups is 2. The Kier molecular flexibility index (Phi) is 5.16. The molecule has 0 aliphatic rings. The van der Waals surface area contributed by atoms with E-state index in [0.29, 0.717) is 0 Å². The summed E-state index contributed by atoms with van der Waals surface area (Å²) in [6.45, 7) is 1.14. The Morgan fingerprint density at radius 2 is 2.00 bits per heavy atom. The molecule has 0 saturated carbocycles. The van der Waals surface area contributed by atoms with Crippen molar-refractivity contribution in [1.82, 2.24) is 0 Å². The molecule has 9 heteroatoms. The van der Waals surface area contributed by atoms with Gasteiger partial charge in [-0.3, -0.25) is 0 Å². The van der Waals surface area contributed by atoms with E-state index >= 15 is 0 Å². The number of halogens is 3. The maximum Gasteiger partial charge on any atom is 0.449 e. The monoisotopic (exact) mass is 254 g/mol. The SMILES string of the molecule is CCOC(=O)C(/C=N/C(N)=O)=C(\O)C(F)(F)F. The molecule has 17 heavy (non-hydrogen) atoms. The van der Waals surface area contributed by atoms with Crippen molar-refractivity contribution in [3.63, 3.8) is 0 Å². The number of hydrogen-bond donors (Lipinski definition) is 2. The first-order chi connectivity index (χ1) is 7.70. The second kappa shape index (κ2) is 5.87. The van der Waals surface area contributed by atoms with Crippen molar-refractivity contribution in [2.75, 3.05) is 6.61 Å². The standard InChI is InChI=1S/C8H9F3N2O4/c1-2-17-6(15)4(3-13-7(12)16)5(14)8(9,10)11/h3,14H,2H2,1H3,(H2,12,16)/b5-4-,13-3+. The van der Waals surface area contributed by atoms with Crippen LogP contribution in [0.2, 0.25) is 0 Å². The Morgan fingerprint density at radius 3 is 2.35 bits per heavy atom. The van der Waals surface area contributed by atoms with Gasteiger partial charge in [-0.05, 0) is 6.92 Å². The lowest BCUT2D eigenvalue weighted by atomic mass is 10.2. The van der Waals surface area contributed by atoms with Crippen LogP contribution >= 0.6 is 0 Å². The number of aliphatic imine (C=N–C) groups is 1. The Bertz CT molecular complexity index is 373. The zero-order valence-electron chi connectivity index (χ0n) is 8.61. The Morgan fingerprint density at radius 1 is 1.47 bits per heavy atom. The molecule has 6 nitrogen and oxygen atoms in total. The molecular formula is C8H9F3N2O4. The second-order valence-electron chi connectivity index (χ2n) is 2.58. The van der Waals surface area contributed by atoms with Gasteiger partial charge in [0, 0.05) is 0 Å². The van der Waals surface area contributed by atoms with Crippen molar-refractivity contribution in [3.8, 4) is 0 Å². The number of hydrogen-bond acceptors (Lipinski definition) is 4. The predicted octanol–water partition coefficient (Wildman–Crippen LogP) is 1.07. The number of primary amides is 1. The molecule has 0 bridgehead atoms. The molecule has 0 unspecified atom stereocenters. The fourth-order valence-corrected chi connectivity index (χ4v) is 0.700. The summed E-state index contributed by atoms with van der Waals surface area (Å²) in [6.07, 6.45) is -4.96. The van der Waals surface area contributed by atoms with E-state index in [2.05, 4.69) is 15.5 Å². The average Bonchev–Trinajstić information content (AvgIpc) is 2.16. The van der Waals surface area contributed by atoms with Crippen LogP contribution in [0.4, 0.5) is 18.0 Å². The van der Waals surface area contributed by atoms with Crippen LogP contribution in [-0.2, 0) is 9.53 Å². The largest absolute Gasteiger partial charge is 0.504 e. The third-order valence-electron chi connectivity index (χ3n) is 1.34. The molecule has 0 spiro atoms. The van der Waals surface area contributed by atoms with Crippen LogP contribution < -0.4 is 5.73 Å². The van der Waals surface area contributed by atoms with Gasteiger partial charge in [0.15, 0.2) is 0 Å². The lowest BCUT2D eigenvalue weighted by Crippen LogP contribution is -2.21. The molecule has 96 valence electrons. The van der Waals surface area contributed by atoms with Crippen molar-refractivity contribution in [3.05, 3.63) is 11.3 Å². The first kappa shape index (κ1) is 14.9. The van der Waals surface area contributed by atoms with Gasteiger partial charge < -0.3 is 15.6 Å². The highest BCUT2D eigenvalue weighted by Crippen LogP contribution is 2.25. The predicted molar refractivity (Wildman–Crippen MR) is 50.4 cm³/mol. The highest BCUT2D eigenvalue weighted by atomic mass is 19.4. The molecule has 0 aromatic carbocycles. The van der Waals surface area contributed by atoms with E-state index in [4.69, 9.17) is 5.11 Å². The van der Waals surface area contributed by atoms with Crippen LogP contribution in [0.1, 0.15) is 6.92 Å². The van der Waals surface area contributed by atoms with Gasteiger partial charge in [0.2, 0.25) is 5.76 Å². The summed E-state index contributed by atoms with van der Waals surface area (Å²) >= 11 is 0. The molecule has 0 fully saturated rings. The first-order valence-corrected chi connectivity index (χ1v) is 4.21. The highest BCUT2D eigenvalue weighted by Gasteiger charge is 2.38. The smallest absolute Gasteiger partial charge is 0.449 e. The van der Waals surface area contributed by atoms with Gasteiger partial charge in [0.1, 0.15) is 5.57 Å². The second-order valence-corrected chi connectivity index (χ2v) is 2.58. The number of esters is 1. The molecule has 0 aromatic heterocycles. The third kappa shape index (κ3) is 5.00. The zero-order valence-corrected chi connectivity index (χ0v) is 8.61. The maximum absolute atomic E-state index is 12.1. The van der Waals surface area contributed by atoms with Gasteiger partial charge >= 0.3 is 18.2 Å². The van der Waals surface area contributed by atoms with Gasteiger partial charge in [-0.1, -0.05) is 0 Å². The van der Waals surface area contributed by atoms with Crippen molar-refractivity contribution < 1.29 is 32.6 Å². The van der Waals surface area contributed by atoms with Crippen molar-refractivity contribution in [2.45, 2.75) is 13.1 Å². The lowest BCUT2D eigenvalue weighted by Gasteiger charge is -2.08. The number of alkyl halides is 3. The van der Waals surface area contributed by atoms with Crippen molar-refractivity contribution >= 4 is 18.2 Å². The quantitative estimate of drug-likeness (QED) is 0.340. The minimum Gasteiger partial charge on any atom is -0.504 e. The van der Waals surface area contributed by atoms with E-state index in [9.17, 15) is 22.8 Å². The summed E-state index contributed by atoms with van der Waals surface area (Å²) in [4.78, 5) is 24.1. The summed E-state index contributed by atoms with van der Waals surface area (Å²) in [7, 11) is 0. The van der Waals surface area contributed by atoms with E-state index in [-0.39, 0.29) is 12.8 Å². The molecule has 0 aliphatic carbocycles. The molecule has 0 radical (unpaired) electrons. The highest BCUT2D eigenvalue weighted by molar-refractivity contribution is 6.12. The molecular weight excluding hydrogens is 245 g/mol. The lowest BCUT2D eigenvalue weighted by molar-refractivity contribution is -0.141. The average molecular weight is 254 g/mol. The van der Waals surface area contributed by atoms with E-state index < -0.39 is 29.5 Å². The number of amides is 2. The zero-order chi connectivity index (χ0) is 13.6. The number of aliphatic hydroxyl groups is 1. The Hall–Kier alpha value is -2.06. The molecule has 0 aliphatic heterocycles. The molecule has 0 heterocycles. The van der Waals surface area contributed by atoms with Gasteiger partial charge in [-0.25, -0.2) is 14.6 Å². The van der Waals surface area contributed by atoms with Crippen LogP contribution in [0.25, 0.3) is 0 Å². The number of carbonyl (C=O) groups excluding carboxylic acids is 2. The summed E-state index contributed by atoms with van der Waals surface area (Å²) in [5.74, 6) is -3.67. The third-order valence-corrected chi connectivity index (χ3v) is 1.34. The van der Waals surface area contributed by atoms with Crippen LogP contribution in [0.5, 0.6) is 0 Å². The van der Waals surface area contributed by atoms with Gasteiger partial charge in [-0.15, -0.1) is 0 Å². The summed E-state index contributed by atoms with van der Waals surface area (Å²) in [5, 5.41) is 8.77. The van der Waals surface area contributed by atoms with Gasteiger partial charge in [0.25, 0.3) is 0 Å². The molecule has 3 N–H and O–H groups in total. The topological polar surface area (TPSA) is 102 Å². The first-order valence-electron chi connectivity index (χ1n) is 4.21. The summed E-state index contributed by atoms with van der Waals surface area (Å²) in [5.41, 5.74) is 3.26. The molecule has 0 atom stereocenters. The van der Waals surface area contributed by atoms with E-state index in [1.165, 1.54) is 6.92 Å². The number of allylic oxidation sites excluding steroid dienone is 1.